The Bertz CT molecular complexity index is 320. The first-order valence-electron chi connectivity index (χ1n) is 7.01. The fraction of sp³-hybridized carbons (Fsp3) is 0.857. The predicted molar refractivity (Wildman–Crippen MR) is 78.3 cm³/mol. The first-order chi connectivity index (χ1) is 8.90. The molecule has 0 saturated carbocycles. The summed E-state index contributed by atoms with van der Waals surface area (Å²) in [6, 6.07) is 0. The predicted octanol–water partition coefficient (Wildman–Crippen LogP) is 2.48. The van der Waals surface area contributed by atoms with Gasteiger partial charge in [0.25, 0.3) is 0 Å². The first kappa shape index (κ1) is 16.3. The number of carboxylic acids is 1. The van der Waals surface area contributed by atoms with Gasteiger partial charge in [0.1, 0.15) is 0 Å². The minimum atomic E-state index is -0.744. The van der Waals surface area contributed by atoms with Crippen LogP contribution in [0.25, 0.3) is 0 Å². The van der Waals surface area contributed by atoms with E-state index in [1.807, 2.05) is 11.8 Å². The molecule has 1 rings (SSSR count). The third kappa shape index (κ3) is 5.85. The molecule has 2 unspecified atom stereocenters. The van der Waals surface area contributed by atoms with E-state index >= 15 is 0 Å². The highest BCUT2D eigenvalue weighted by molar-refractivity contribution is 8.00. The van der Waals surface area contributed by atoms with Crippen LogP contribution >= 0.6 is 11.8 Å². The highest BCUT2D eigenvalue weighted by Crippen LogP contribution is 2.26. The molecule has 2 atom stereocenters. The molecule has 1 N–H and O–H groups in total. The molecule has 0 aromatic carbocycles. The van der Waals surface area contributed by atoms with Crippen molar-refractivity contribution in [1.29, 1.82) is 0 Å². The van der Waals surface area contributed by atoms with Gasteiger partial charge in [-0.05, 0) is 29.9 Å². The average molecular weight is 287 g/mol. The summed E-state index contributed by atoms with van der Waals surface area (Å²) >= 11 is 1.67. The maximum absolute atomic E-state index is 12.1. The second-order valence-corrected chi connectivity index (χ2v) is 7.24. The number of hydrogen-bond donors (Lipinski definition) is 1. The maximum atomic E-state index is 12.1. The molecule has 1 heterocycles. The molecule has 1 fully saturated rings. The third-order valence-corrected chi connectivity index (χ3v) is 4.73. The Morgan fingerprint density at radius 3 is 2.63 bits per heavy atom. The monoisotopic (exact) mass is 287 g/mol. The van der Waals surface area contributed by atoms with Crippen LogP contribution < -0.4 is 0 Å². The van der Waals surface area contributed by atoms with Crippen LogP contribution in [-0.4, -0.2) is 46.0 Å². The molecule has 19 heavy (non-hydrogen) atoms. The van der Waals surface area contributed by atoms with Crippen molar-refractivity contribution in [3.8, 4) is 0 Å². The Labute approximate surface area is 119 Å². The number of thioether (sulfide) groups is 1. The lowest BCUT2D eigenvalue weighted by Gasteiger charge is -2.35. The van der Waals surface area contributed by atoms with Crippen LogP contribution in [0.3, 0.4) is 0 Å². The highest BCUT2D eigenvalue weighted by atomic mass is 32.2. The van der Waals surface area contributed by atoms with Crippen LogP contribution in [0.1, 0.15) is 40.0 Å². The molecule has 1 saturated heterocycles. The molecule has 0 aromatic rings. The van der Waals surface area contributed by atoms with Crippen molar-refractivity contribution in [3.63, 3.8) is 0 Å². The summed E-state index contributed by atoms with van der Waals surface area (Å²) in [5.41, 5.74) is 0. The molecule has 1 amide bonds. The minimum absolute atomic E-state index is 0.144. The van der Waals surface area contributed by atoms with Crippen molar-refractivity contribution in [3.05, 3.63) is 0 Å². The van der Waals surface area contributed by atoms with Crippen molar-refractivity contribution in [1.82, 2.24) is 4.90 Å². The zero-order valence-electron chi connectivity index (χ0n) is 12.1. The van der Waals surface area contributed by atoms with Gasteiger partial charge in [-0.1, -0.05) is 20.8 Å². The van der Waals surface area contributed by atoms with E-state index in [0.717, 1.165) is 25.9 Å². The number of carbonyl (C=O) groups is 2. The van der Waals surface area contributed by atoms with Gasteiger partial charge < -0.3 is 10.0 Å². The van der Waals surface area contributed by atoms with Crippen molar-refractivity contribution < 1.29 is 14.7 Å². The van der Waals surface area contributed by atoms with E-state index in [1.165, 1.54) is 0 Å². The van der Waals surface area contributed by atoms with Crippen LogP contribution in [0.5, 0.6) is 0 Å². The standard InChI is InChI=1S/C14H25NO3S/c1-10(2)19-9-13(16)15-6-4-5-12(8-15)11(3)7-14(17)18/h10-12H,4-9H2,1-3H3,(H,17,18). The third-order valence-electron chi connectivity index (χ3n) is 3.65. The van der Waals surface area contributed by atoms with E-state index in [9.17, 15) is 9.59 Å². The Kier molecular flexibility index (Phi) is 6.69. The van der Waals surface area contributed by atoms with Gasteiger partial charge in [0.05, 0.1) is 5.75 Å². The van der Waals surface area contributed by atoms with E-state index in [0.29, 0.717) is 16.9 Å². The maximum Gasteiger partial charge on any atom is 0.303 e. The van der Waals surface area contributed by atoms with E-state index in [2.05, 4.69) is 13.8 Å². The average Bonchev–Trinajstić information content (AvgIpc) is 2.35. The normalized spacial score (nSPS) is 21.5. The fourth-order valence-electron chi connectivity index (χ4n) is 2.47. The summed E-state index contributed by atoms with van der Waals surface area (Å²) in [5, 5.41) is 9.32. The van der Waals surface area contributed by atoms with Crippen molar-refractivity contribution in [2.24, 2.45) is 11.8 Å². The Morgan fingerprint density at radius 2 is 2.05 bits per heavy atom. The Morgan fingerprint density at radius 1 is 1.37 bits per heavy atom. The summed E-state index contributed by atoms with van der Waals surface area (Å²) in [6.45, 7) is 7.72. The molecule has 0 aromatic heterocycles. The molecule has 4 nitrogen and oxygen atoms in total. The molecule has 0 aliphatic carbocycles. The van der Waals surface area contributed by atoms with Crippen LogP contribution in [0.4, 0.5) is 0 Å². The molecular formula is C14H25NO3S. The lowest BCUT2D eigenvalue weighted by atomic mass is 9.84. The zero-order chi connectivity index (χ0) is 14.4. The second-order valence-electron chi connectivity index (χ2n) is 5.68. The number of amides is 1. The minimum Gasteiger partial charge on any atom is -0.481 e. The number of hydrogen-bond acceptors (Lipinski definition) is 3. The van der Waals surface area contributed by atoms with Gasteiger partial charge in [-0.2, -0.15) is 0 Å². The van der Waals surface area contributed by atoms with E-state index in [-0.39, 0.29) is 18.2 Å². The van der Waals surface area contributed by atoms with Crippen LogP contribution in [-0.2, 0) is 9.59 Å². The van der Waals surface area contributed by atoms with Gasteiger partial charge in [0.2, 0.25) is 5.91 Å². The Hall–Kier alpha value is -0.710. The van der Waals surface area contributed by atoms with Gasteiger partial charge >= 0.3 is 5.97 Å². The van der Waals surface area contributed by atoms with Gasteiger partial charge in [0, 0.05) is 19.5 Å². The highest BCUT2D eigenvalue weighted by Gasteiger charge is 2.28. The summed E-state index contributed by atoms with van der Waals surface area (Å²) in [6.07, 6.45) is 2.23. The molecular weight excluding hydrogens is 262 g/mol. The molecule has 5 heteroatoms. The lowest BCUT2D eigenvalue weighted by molar-refractivity contribution is -0.138. The molecule has 1 aliphatic heterocycles. The number of nitrogens with zero attached hydrogens (tertiary/aromatic N) is 1. The van der Waals surface area contributed by atoms with Crippen molar-refractivity contribution >= 4 is 23.6 Å². The molecule has 0 radical (unpaired) electrons. The number of rotatable bonds is 6. The van der Waals surface area contributed by atoms with Crippen LogP contribution in [0.15, 0.2) is 0 Å². The number of likely N-dealkylation sites (tertiary alicyclic amines) is 1. The summed E-state index contributed by atoms with van der Waals surface area (Å²) in [5.74, 6) is 0.471. The number of piperidine rings is 1. The number of carboxylic acid groups (broad SMARTS) is 1. The SMILES string of the molecule is CC(C)SCC(=O)N1CCCC(C(C)CC(=O)O)C1. The fourth-order valence-corrected chi connectivity index (χ4v) is 3.13. The van der Waals surface area contributed by atoms with Gasteiger partial charge in [-0.25, -0.2) is 0 Å². The van der Waals surface area contributed by atoms with Gasteiger partial charge in [0.15, 0.2) is 0 Å². The van der Waals surface area contributed by atoms with E-state index < -0.39 is 5.97 Å². The lowest BCUT2D eigenvalue weighted by Crippen LogP contribution is -2.43. The molecule has 0 spiro atoms. The number of aliphatic carboxylic acids is 1. The first-order valence-corrected chi connectivity index (χ1v) is 8.06. The molecule has 0 bridgehead atoms. The summed E-state index contributed by atoms with van der Waals surface area (Å²) < 4.78 is 0. The van der Waals surface area contributed by atoms with Crippen LogP contribution in [0.2, 0.25) is 0 Å². The molecule has 1 aliphatic rings. The second kappa shape index (κ2) is 7.78. The van der Waals surface area contributed by atoms with Gasteiger partial charge in [-0.15, -0.1) is 11.8 Å². The van der Waals surface area contributed by atoms with Gasteiger partial charge in [-0.3, -0.25) is 9.59 Å². The summed E-state index contributed by atoms with van der Waals surface area (Å²) in [4.78, 5) is 24.8. The van der Waals surface area contributed by atoms with E-state index in [4.69, 9.17) is 5.11 Å². The van der Waals surface area contributed by atoms with Crippen molar-refractivity contribution in [2.45, 2.75) is 45.3 Å². The van der Waals surface area contributed by atoms with Crippen molar-refractivity contribution in [2.75, 3.05) is 18.8 Å². The number of carbonyl (C=O) groups excluding carboxylic acids is 1. The zero-order valence-corrected chi connectivity index (χ0v) is 12.9. The Balaban J connectivity index is 2.45. The molecule has 110 valence electrons. The quantitative estimate of drug-likeness (QED) is 0.815. The summed E-state index contributed by atoms with van der Waals surface area (Å²) in [7, 11) is 0. The topological polar surface area (TPSA) is 57.6 Å². The van der Waals surface area contributed by atoms with Crippen LogP contribution in [0, 0.1) is 11.8 Å². The smallest absolute Gasteiger partial charge is 0.303 e. The largest absolute Gasteiger partial charge is 0.481 e. The van der Waals surface area contributed by atoms with E-state index in [1.54, 1.807) is 11.8 Å².